The number of hydrogen-bond acceptors (Lipinski definition) is 7. The third kappa shape index (κ3) is 3.87. The molecule has 5 unspecified atom stereocenters. The van der Waals surface area contributed by atoms with Gasteiger partial charge in [0.1, 0.15) is 24.4 Å². The Labute approximate surface area is 104 Å². The second-order valence-electron chi connectivity index (χ2n) is 4.05. The maximum atomic E-state index is 10.6. The third-order valence-corrected chi connectivity index (χ3v) is 2.61. The average molecular weight is 265 g/mol. The van der Waals surface area contributed by atoms with E-state index < -0.39 is 37.3 Å². The van der Waals surface area contributed by atoms with E-state index in [-0.39, 0.29) is 19.1 Å². The molecule has 8 nitrogen and oxygen atoms in total. The molecule has 0 aromatic heterocycles. The number of nitrogens with one attached hydrogen (secondary N) is 1. The van der Waals surface area contributed by atoms with Crippen LogP contribution in [0.5, 0.6) is 0 Å². The fourth-order valence-corrected chi connectivity index (χ4v) is 1.61. The molecule has 106 valence electrons. The van der Waals surface area contributed by atoms with Crippen molar-refractivity contribution in [1.29, 1.82) is 0 Å². The van der Waals surface area contributed by atoms with Gasteiger partial charge in [-0.05, 0) is 0 Å². The molecule has 0 bridgehead atoms. The van der Waals surface area contributed by atoms with Crippen LogP contribution in [0.1, 0.15) is 6.92 Å². The van der Waals surface area contributed by atoms with Gasteiger partial charge in [0, 0.05) is 13.5 Å². The molecule has 1 aliphatic rings. The Morgan fingerprint density at radius 3 is 2.50 bits per heavy atom. The largest absolute Gasteiger partial charge is 0.394 e. The monoisotopic (exact) mass is 265 g/mol. The summed E-state index contributed by atoms with van der Waals surface area (Å²) in [5, 5.41) is 40.0. The maximum Gasteiger partial charge on any atom is 0.216 e. The highest BCUT2D eigenvalue weighted by atomic mass is 16.7. The summed E-state index contributed by atoms with van der Waals surface area (Å²) in [6.07, 6.45) is -6.43. The minimum Gasteiger partial charge on any atom is -0.394 e. The zero-order valence-electron chi connectivity index (χ0n) is 10.0. The highest BCUT2D eigenvalue weighted by Gasteiger charge is 2.43. The molecule has 0 spiro atoms. The highest BCUT2D eigenvalue weighted by molar-refractivity contribution is 5.72. The van der Waals surface area contributed by atoms with Crippen LogP contribution in [0.4, 0.5) is 0 Å². The van der Waals surface area contributed by atoms with Crippen LogP contribution in [0.15, 0.2) is 0 Å². The van der Waals surface area contributed by atoms with E-state index in [1.54, 1.807) is 0 Å². The van der Waals surface area contributed by atoms with Crippen LogP contribution in [0.25, 0.3) is 0 Å². The summed E-state index contributed by atoms with van der Waals surface area (Å²) in [5.41, 5.74) is 0. The van der Waals surface area contributed by atoms with Crippen molar-refractivity contribution in [2.75, 3.05) is 19.8 Å². The van der Waals surface area contributed by atoms with Crippen molar-refractivity contribution in [3.05, 3.63) is 0 Å². The molecule has 1 rings (SSSR count). The number of ether oxygens (including phenoxy) is 2. The second-order valence-corrected chi connectivity index (χ2v) is 4.05. The Bertz CT molecular complexity index is 273. The van der Waals surface area contributed by atoms with Gasteiger partial charge in [-0.2, -0.15) is 0 Å². The number of aliphatic hydroxyl groups is 4. The summed E-state index contributed by atoms with van der Waals surface area (Å²) < 4.78 is 10.2. The molecular formula is C10H19NO7. The molecule has 1 amide bonds. The number of aliphatic hydroxyl groups excluding tert-OH is 4. The Hall–Kier alpha value is -0.770. The Morgan fingerprint density at radius 2 is 1.94 bits per heavy atom. The lowest BCUT2D eigenvalue weighted by Crippen LogP contribution is -2.59. The van der Waals surface area contributed by atoms with Crippen LogP contribution in [-0.4, -0.2) is 76.8 Å². The van der Waals surface area contributed by atoms with Gasteiger partial charge in [0.25, 0.3) is 0 Å². The molecule has 0 radical (unpaired) electrons. The third-order valence-electron chi connectivity index (χ3n) is 2.61. The average Bonchev–Trinajstić information content (AvgIpc) is 2.34. The van der Waals surface area contributed by atoms with E-state index in [1.807, 2.05) is 0 Å². The van der Waals surface area contributed by atoms with Crippen LogP contribution in [0, 0.1) is 0 Å². The molecule has 8 heteroatoms. The van der Waals surface area contributed by atoms with E-state index in [1.165, 1.54) is 6.92 Å². The Morgan fingerprint density at radius 1 is 1.28 bits per heavy atom. The predicted molar refractivity (Wildman–Crippen MR) is 58.4 cm³/mol. The fraction of sp³-hybridized carbons (Fsp3) is 0.900. The number of amides is 1. The van der Waals surface area contributed by atoms with Crippen LogP contribution >= 0.6 is 0 Å². The molecule has 1 heterocycles. The molecule has 5 atom stereocenters. The molecule has 5 N–H and O–H groups in total. The van der Waals surface area contributed by atoms with Gasteiger partial charge >= 0.3 is 0 Å². The zero-order chi connectivity index (χ0) is 13.7. The lowest BCUT2D eigenvalue weighted by molar-refractivity contribution is -0.300. The van der Waals surface area contributed by atoms with Crippen molar-refractivity contribution in [2.45, 2.75) is 37.6 Å². The normalized spacial score (nSPS) is 36.4. The van der Waals surface area contributed by atoms with Crippen molar-refractivity contribution >= 4 is 5.91 Å². The van der Waals surface area contributed by atoms with Gasteiger partial charge < -0.3 is 35.2 Å². The van der Waals surface area contributed by atoms with Gasteiger partial charge in [-0.25, -0.2) is 0 Å². The van der Waals surface area contributed by atoms with Crippen molar-refractivity contribution < 1.29 is 34.7 Å². The summed E-state index contributed by atoms with van der Waals surface area (Å²) in [6, 6.07) is 0. The van der Waals surface area contributed by atoms with E-state index in [9.17, 15) is 20.1 Å². The number of carbonyl (C=O) groups excluding carboxylic acids is 1. The minimum atomic E-state index is -1.46. The summed E-state index contributed by atoms with van der Waals surface area (Å²) in [5.74, 6) is -0.215. The van der Waals surface area contributed by atoms with E-state index in [2.05, 4.69) is 5.32 Å². The summed E-state index contributed by atoms with van der Waals surface area (Å²) >= 11 is 0. The lowest BCUT2D eigenvalue weighted by atomic mass is 9.99. The first-order chi connectivity index (χ1) is 8.47. The standard InChI is InChI=1S/C10H19NO7/c1-5(13)11-2-3-17-10-9(16)8(15)7(14)6(4-12)18-10/h6-10,12,14-16H,2-4H2,1H3,(H,11,13). The van der Waals surface area contributed by atoms with Gasteiger partial charge in [-0.3, -0.25) is 4.79 Å². The summed E-state index contributed by atoms with van der Waals surface area (Å²) in [4.78, 5) is 10.6. The first-order valence-corrected chi connectivity index (χ1v) is 5.64. The van der Waals surface area contributed by atoms with Gasteiger partial charge in [0.15, 0.2) is 6.29 Å². The Kier molecular flexibility index (Phi) is 5.93. The van der Waals surface area contributed by atoms with E-state index in [4.69, 9.17) is 14.6 Å². The van der Waals surface area contributed by atoms with Crippen molar-refractivity contribution in [2.24, 2.45) is 0 Å². The first kappa shape index (κ1) is 15.3. The second kappa shape index (κ2) is 6.98. The van der Waals surface area contributed by atoms with Gasteiger partial charge in [0.2, 0.25) is 5.91 Å². The van der Waals surface area contributed by atoms with Gasteiger partial charge in [-0.15, -0.1) is 0 Å². The molecule has 0 aromatic rings. The Balaban J connectivity index is 2.41. The summed E-state index contributed by atoms with van der Waals surface area (Å²) in [7, 11) is 0. The fourth-order valence-electron chi connectivity index (χ4n) is 1.61. The van der Waals surface area contributed by atoms with Crippen molar-refractivity contribution in [1.82, 2.24) is 5.32 Å². The van der Waals surface area contributed by atoms with E-state index >= 15 is 0 Å². The first-order valence-electron chi connectivity index (χ1n) is 5.64. The number of carbonyl (C=O) groups is 1. The smallest absolute Gasteiger partial charge is 0.216 e. The molecule has 1 fully saturated rings. The number of rotatable bonds is 5. The van der Waals surface area contributed by atoms with Gasteiger partial charge in [0.05, 0.1) is 13.2 Å². The van der Waals surface area contributed by atoms with Crippen LogP contribution in [0.3, 0.4) is 0 Å². The van der Waals surface area contributed by atoms with Crippen LogP contribution < -0.4 is 5.32 Å². The lowest BCUT2D eigenvalue weighted by Gasteiger charge is -2.39. The van der Waals surface area contributed by atoms with Crippen molar-refractivity contribution in [3.8, 4) is 0 Å². The zero-order valence-corrected chi connectivity index (χ0v) is 10.0. The molecule has 18 heavy (non-hydrogen) atoms. The maximum absolute atomic E-state index is 10.6. The van der Waals surface area contributed by atoms with E-state index in [0.717, 1.165) is 0 Å². The summed E-state index contributed by atoms with van der Waals surface area (Å²) in [6.45, 7) is 1.15. The van der Waals surface area contributed by atoms with Crippen LogP contribution in [-0.2, 0) is 14.3 Å². The predicted octanol–water partition coefficient (Wildman–Crippen LogP) is -3.06. The topological polar surface area (TPSA) is 128 Å². The molecule has 1 saturated heterocycles. The highest BCUT2D eigenvalue weighted by Crippen LogP contribution is 2.21. The molecule has 0 aromatic carbocycles. The molecule has 1 aliphatic heterocycles. The number of hydrogen-bond donors (Lipinski definition) is 5. The quantitative estimate of drug-likeness (QED) is 0.334. The molecule has 0 saturated carbocycles. The van der Waals surface area contributed by atoms with Crippen molar-refractivity contribution in [3.63, 3.8) is 0 Å². The van der Waals surface area contributed by atoms with Gasteiger partial charge in [-0.1, -0.05) is 0 Å². The van der Waals surface area contributed by atoms with E-state index in [0.29, 0.717) is 0 Å². The van der Waals surface area contributed by atoms with Crippen LogP contribution in [0.2, 0.25) is 0 Å². The minimum absolute atomic E-state index is 0.0717. The molecule has 0 aliphatic carbocycles. The molecular weight excluding hydrogens is 246 g/mol. The SMILES string of the molecule is CC(=O)NCCOC1OC(CO)C(O)C(O)C1O.